The highest BCUT2D eigenvalue weighted by molar-refractivity contribution is 6.30. The predicted octanol–water partition coefficient (Wildman–Crippen LogP) is 4.32. The molecule has 0 bridgehead atoms. The van der Waals surface area contributed by atoms with E-state index in [9.17, 15) is 4.79 Å². The van der Waals surface area contributed by atoms with Gasteiger partial charge in [-0.25, -0.2) is 0 Å². The van der Waals surface area contributed by atoms with Crippen molar-refractivity contribution in [3.05, 3.63) is 69.7 Å². The van der Waals surface area contributed by atoms with Crippen molar-refractivity contribution in [2.45, 2.75) is 12.2 Å². The van der Waals surface area contributed by atoms with E-state index in [4.69, 9.17) is 27.9 Å². The molecular formula is C15H10Cl2O2. The fourth-order valence-electron chi connectivity index (χ4n) is 2.00. The molecule has 1 fully saturated rings. The molecule has 1 saturated heterocycles. The number of rotatable bonds is 3. The first kappa shape index (κ1) is 12.7. The van der Waals surface area contributed by atoms with Gasteiger partial charge in [-0.15, -0.1) is 0 Å². The average Bonchev–Trinajstić information content (AvgIpc) is 3.20. The van der Waals surface area contributed by atoms with Crippen LogP contribution < -0.4 is 0 Å². The number of carbonyl (C=O) groups excluding carboxylic acids is 1. The van der Waals surface area contributed by atoms with E-state index >= 15 is 0 Å². The molecule has 0 aromatic heterocycles. The maximum Gasteiger partial charge on any atom is 0.194 e. The van der Waals surface area contributed by atoms with Gasteiger partial charge in [0.05, 0.1) is 0 Å². The molecule has 1 aliphatic heterocycles. The van der Waals surface area contributed by atoms with Gasteiger partial charge in [-0.3, -0.25) is 4.79 Å². The van der Waals surface area contributed by atoms with E-state index in [0.717, 1.165) is 5.56 Å². The SMILES string of the molecule is O=C(c1ccc(Cl)cc1)[C@@H]1O[C@H]1c1ccc(Cl)cc1. The van der Waals surface area contributed by atoms with Crippen LogP contribution in [-0.2, 0) is 4.74 Å². The number of carbonyl (C=O) groups is 1. The van der Waals surface area contributed by atoms with Crippen LogP contribution in [0.5, 0.6) is 0 Å². The summed E-state index contributed by atoms with van der Waals surface area (Å²) in [7, 11) is 0. The van der Waals surface area contributed by atoms with E-state index in [-0.39, 0.29) is 11.9 Å². The maximum atomic E-state index is 12.2. The van der Waals surface area contributed by atoms with Crippen molar-refractivity contribution >= 4 is 29.0 Å². The van der Waals surface area contributed by atoms with Gasteiger partial charge in [-0.2, -0.15) is 0 Å². The van der Waals surface area contributed by atoms with Crippen molar-refractivity contribution in [1.82, 2.24) is 0 Å². The second-order valence-corrected chi connectivity index (χ2v) is 5.27. The summed E-state index contributed by atoms with van der Waals surface area (Å²) in [5.41, 5.74) is 1.59. The first-order chi connectivity index (χ1) is 9.15. The normalized spacial score (nSPS) is 21.2. The van der Waals surface area contributed by atoms with E-state index in [0.29, 0.717) is 15.6 Å². The van der Waals surface area contributed by atoms with Crippen LogP contribution in [0, 0.1) is 0 Å². The Balaban J connectivity index is 1.74. The molecule has 2 nitrogen and oxygen atoms in total. The average molecular weight is 293 g/mol. The largest absolute Gasteiger partial charge is 0.356 e. The van der Waals surface area contributed by atoms with Crippen LogP contribution in [0.4, 0.5) is 0 Å². The maximum absolute atomic E-state index is 12.2. The number of ether oxygens (including phenoxy) is 1. The Labute approximate surface area is 120 Å². The summed E-state index contributed by atoms with van der Waals surface area (Å²) < 4.78 is 5.46. The van der Waals surface area contributed by atoms with Gasteiger partial charge >= 0.3 is 0 Å². The molecule has 0 spiro atoms. The fraction of sp³-hybridized carbons (Fsp3) is 0.133. The summed E-state index contributed by atoms with van der Waals surface area (Å²) in [5.74, 6) is -0.0170. The Kier molecular flexibility index (Phi) is 3.31. The minimum atomic E-state index is -0.401. The van der Waals surface area contributed by atoms with Crippen molar-refractivity contribution in [3.8, 4) is 0 Å². The minimum absolute atomic E-state index is 0.0170. The molecule has 0 unspecified atom stereocenters. The Bertz CT molecular complexity index is 605. The van der Waals surface area contributed by atoms with Crippen molar-refractivity contribution in [2.75, 3.05) is 0 Å². The number of Topliss-reactive ketones (excluding diaryl/α,β-unsaturated/α-hetero) is 1. The van der Waals surface area contributed by atoms with E-state index in [1.54, 1.807) is 36.4 Å². The second-order valence-electron chi connectivity index (χ2n) is 4.40. The molecule has 3 rings (SSSR count). The van der Waals surface area contributed by atoms with Crippen LogP contribution in [0.2, 0.25) is 10.0 Å². The van der Waals surface area contributed by atoms with Crippen LogP contribution in [-0.4, -0.2) is 11.9 Å². The lowest BCUT2D eigenvalue weighted by atomic mass is 10.0. The minimum Gasteiger partial charge on any atom is -0.356 e. The van der Waals surface area contributed by atoms with Gasteiger partial charge in [0, 0.05) is 15.6 Å². The zero-order valence-electron chi connectivity index (χ0n) is 9.85. The number of hydrogen-bond acceptors (Lipinski definition) is 2. The summed E-state index contributed by atoms with van der Waals surface area (Å²) in [6.07, 6.45) is -0.567. The molecule has 19 heavy (non-hydrogen) atoms. The van der Waals surface area contributed by atoms with Gasteiger partial charge in [0.2, 0.25) is 0 Å². The van der Waals surface area contributed by atoms with E-state index < -0.39 is 6.10 Å². The third-order valence-corrected chi connectivity index (χ3v) is 3.58. The van der Waals surface area contributed by atoms with Crippen molar-refractivity contribution in [1.29, 1.82) is 0 Å². The van der Waals surface area contributed by atoms with Gasteiger partial charge in [0.1, 0.15) is 6.10 Å². The Morgan fingerprint density at radius 1 is 0.895 bits per heavy atom. The lowest BCUT2D eigenvalue weighted by Gasteiger charge is -1.98. The van der Waals surface area contributed by atoms with Gasteiger partial charge in [-0.05, 0) is 42.0 Å². The lowest BCUT2D eigenvalue weighted by Crippen LogP contribution is -2.07. The molecule has 0 N–H and O–H groups in total. The van der Waals surface area contributed by atoms with E-state index in [1.165, 1.54) is 0 Å². The molecule has 2 aromatic rings. The third-order valence-electron chi connectivity index (χ3n) is 3.08. The molecule has 0 saturated carbocycles. The molecule has 96 valence electrons. The van der Waals surface area contributed by atoms with Crippen LogP contribution in [0.1, 0.15) is 22.0 Å². The highest BCUT2D eigenvalue weighted by Crippen LogP contribution is 2.40. The third kappa shape index (κ3) is 2.66. The van der Waals surface area contributed by atoms with E-state index in [1.807, 2.05) is 12.1 Å². The summed E-state index contributed by atoms with van der Waals surface area (Å²) in [5, 5.41) is 1.28. The standard InChI is InChI=1S/C15H10Cl2O2/c16-11-5-1-9(2-6-11)13(18)15-14(19-15)10-3-7-12(17)8-4-10/h1-8,14-15H/t14-,15-/m0/s1. The molecule has 2 atom stereocenters. The number of ketones is 1. The Morgan fingerprint density at radius 3 is 2.00 bits per heavy atom. The summed E-state index contributed by atoms with van der Waals surface area (Å²) >= 11 is 11.6. The van der Waals surface area contributed by atoms with E-state index in [2.05, 4.69) is 0 Å². The quantitative estimate of drug-likeness (QED) is 0.623. The smallest absolute Gasteiger partial charge is 0.194 e. The second kappa shape index (κ2) is 4.97. The molecule has 0 amide bonds. The first-order valence-electron chi connectivity index (χ1n) is 5.86. The monoisotopic (exact) mass is 292 g/mol. The molecule has 2 aromatic carbocycles. The summed E-state index contributed by atoms with van der Waals surface area (Å²) in [6.45, 7) is 0. The van der Waals surface area contributed by atoms with Gasteiger partial charge < -0.3 is 4.74 Å². The summed E-state index contributed by atoms with van der Waals surface area (Å²) in [6, 6.07) is 14.2. The topological polar surface area (TPSA) is 29.6 Å². The lowest BCUT2D eigenvalue weighted by molar-refractivity contribution is 0.0953. The van der Waals surface area contributed by atoms with Gasteiger partial charge in [-0.1, -0.05) is 35.3 Å². The van der Waals surface area contributed by atoms with Crippen LogP contribution in [0.3, 0.4) is 0 Å². The first-order valence-corrected chi connectivity index (χ1v) is 6.61. The van der Waals surface area contributed by atoms with Crippen molar-refractivity contribution < 1.29 is 9.53 Å². The van der Waals surface area contributed by atoms with Crippen LogP contribution >= 0.6 is 23.2 Å². The fourth-order valence-corrected chi connectivity index (χ4v) is 2.25. The predicted molar refractivity (Wildman–Crippen MR) is 74.8 cm³/mol. The van der Waals surface area contributed by atoms with Crippen molar-refractivity contribution in [3.63, 3.8) is 0 Å². The Hall–Kier alpha value is -1.35. The van der Waals surface area contributed by atoms with Gasteiger partial charge in [0.15, 0.2) is 11.9 Å². The number of epoxide rings is 1. The van der Waals surface area contributed by atoms with Gasteiger partial charge in [0.25, 0.3) is 0 Å². The highest BCUT2D eigenvalue weighted by Gasteiger charge is 2.46. The summed E-state index contributed by atoms with van der Waals surface area (Å²) in [4.78, 5) is 12.2. The zero-order chi connectivity index (χ0) is 13.4. The number of hydrogen-bond donors (Lipinski definition) is 0. The number of benzene rings is 2. The Morgan fingerprint density at radius 2 is 1.42 bits per heavy atom. The zero-order valence-corrected chi connectivity index (χ0v) is 11.4. The molecular weight excluding hydrogens is 283 g/mol. The van der Waals surface area contributed by atoms with Crippen LogP contribution in [0.25, 0.3) is 0 Å². The molecule has 4 heteroatoms. The molecule has 1 heterocycles. The molecule has 0 radical (unpaired) electrons. The number of halogens is 2. The highest BCUT2D eigenvalue weighted by atomic mass is 35.5. The van der Waals surface area contributed by atoms with Crippen LogP contribution in [0.15, 0.2) is 48.5 Å². The van der Waals surface area contributed by atoms with Crippen molar-refractivity contribution in [2.24, 2.45) is 0 Å². The molecule has 0 aliphatic carbocycles. The molecule has 1 aliphatic rings.